The first-order valence-corrected chi connectivity index (χ1v) is 5.58. The number of hydrogen-bond donors (Lipinski definition) is 0. The van der Waals surface area contributed by atoms with Gasteiger partial charge in [-0.2, -0.15) is 0 Å². The van der Waals surface area contributed by atoms with Gasteiger partial charge in [-0.25, -0.2) is 0 Å². The maximum Gasteiger partial charge on any atom is 0.306 e. The lowest BCUT2D eigenvalue weighted by Gasteiger charge is -2.33. The average Bonchev–Trinajstić information content (AvgIpc) is 2.77. The van der Waals surface area contributed by atoms with Crippen LogP contribution in [0.1, 0.15) is 33.6 Å². The van der Waals surface area contributed by atoms with Crippen LogP contribution < -0.4 is 0 Å². The molecule has 0 saturated carbocycles. The first kappa shape index (κ1) is 10.7. The van der Waals surface area contributed by atoms with Crippen LogP contribution in [0.2, 0.25) is 0 Å². The third kappa shape index (κ3) is 1.93. The van der Waals surface area contributed by atoms with Crippen molar-refractivity contribution in [2.75, 3.05) is 0 Å². The molecule has 3 nitrogen and oxygen atoms in total. The molecule has 0 aromatic heterocycles. The van der Waals surface area contributed by atoms with E-state index in [1.54, 1.807) is 0 Å². The number of carbonyl (C=O) groups is 1. The minimum atomic E-state index is -0.419. The molecule has 1 fully saturated rings. The third-order valence-electron chi connectivity index (χ3n) is 3.29. The van der Waals surface area contributed by atoms with Crippen LogP contribution in [0.25, 0.3) is 0 Å². The molecule has 3 heteroatoms. The smallest absolute Gasteiger partial charge is 0.306 e. The molecule has 0 amide bonds. The summed E-state index contributed by atoms with van der Waals surface area (Å²) in [6, 6.07) is 0. The topological polar surface area (TPSA) is 35.5 Å². The number of carbonyl (C=O) groups excluding carboxylic acids is 1. The average molecular weight is 210 g/mol. The Balaban J connectivity index is 2.03. The summed E-state index contributed by atoms with van der Waals surface area (Å²) in [5.41, 5.74) is -0.419. The Morgan fingerprint density at radius 3 is 2.73 bits per heavy atom. The molecular weight excluding hydrogens is 192 g/mol. The van der Waals surface area contributed by atoms with Gasteiger partial charge in [0.15, 0.2) is 0 Å². The summed E-state index contributed by atoms with van der Waals surface area (Å²) < 4.78 is 11.2. The Labute approximate surface area is 90.4 Å². The van der Waals surface area contributed by atoms with Crippen molar-refractivity contribution in [3.05, 3.63) is 12.2 Å². The molecule has 2 bridgehead atoms. The second kappa shape index (κ2) is 3.63. The van der Waals surface area contributed by atoms with Crippen molar-refractivity contribution < 1.29 is 14.3 Å². The molecule has 3 unspecified atom stereocenters. The van der Waals surface area contributed by atoms with Crippen molar-refractivity contribution in [3.8, 4) is 0 Å². The molecule has 0 N–H and O–H groups in total. The minimum absolute atomic E-state index is 0.133. The van der Waals surface area contributed by atoms with Crippen molar-refractivity contribution in [2.45, 2.75) is 51.4 Å². The summed E-state index contributed by atoms with van der Waals surface area (Å²) in [7, 11) is 0. The lowest BCUT2D eigenvalue weighted by molar-refractivity contribution is -0.162. The molecule has 2 aliphatic rings. The summed E-state index contributed by atoms with van der Waals surface area (Å²) in [5.74, 6) is 0.162. The highest BCUT2D eigenvalue weighted by molar-refractivity contribution is 5.69. The van der Waals surface area contributed by atoms with E-state index >= 15 is 0 Å². The van der Waals surface area contributed by atoms with Crippen LogP contribution in [0.4, 0.5) is 0 Å². The molecule has 0 aromatic rings. The molecule has 2 rings (SSSR count). The maximum absolute atomic E-state index is 11.3. The van der Waals surface area contributed by atoms with Crippen LogP contribution in [0.15, 0.2) is 12.2 Å². The fourth-order valence-electron chi connectivity index (χ4n) is 2.39. The van der Waals surface area contributed by atoms with E-state index in [0.29, 0.717) is 12.3 Å². The van der Waals surface area contributed by atoms with E-state index in [0.717, 1.165) is 6.42 Å². The Morgan fingerprint density at radius 2 is 2.27 bits per heavy atom. The van der Waals surface area contributed by atoms with Crippen LogP contribution in [0.3, 0.4) is 0 Å². The third-order valence-corrected chi connectivity index (χ3v) is 3.29. The van der Waals surface area contributed by atoms with E-state index in [4.69, 9.17) is 9.47 Å². The number of rotatable bonds is 3. The lowest BCUT2D eigenvalue weighted by Crippen LogP contribution is -2.40. The quantitative estimate of drug-likeness (QED) is 0.528. The highest BCUT2D eigenvalue weighted by Gasteiger charge is 2.46. The van der Waals surface area contributed by atoms with Gasteiger partial charge in [-0.1, -0.05) is 19.1 Å². The summed E-state index contributed by atoms with van der Waals surface area (Å²) in [4.78, 5) is 11.3. The summed E-state index contributed by atoms with van der Waals surface area (Å²) in [6.45, 7) is 5.77. The Kier molecular flexibility index (Phi) is 2.59. The standard InChI is InChI=1S/C12H18O3/c1-4-11(13)15-12(2,3)9-7-8-5-6-10(9)14-8/h5-6,8-10H,4,7H2,1-3H3. The van der Waals surface area contributed by atoms with E-state index in [1.165, 1.54) is 0 Å². The zero-order valence-electron chi connectivity index (χ0n) is 9.53. The van der Waals surface area contributed by atoms with Crippen LogP contribution in [0.5, 0.6) is 0 Å². The van der Waals surface area contributed by atoms with Gasteiger partial charge in [-0.05, 0) is 20.3 Å². The minimum Gasteiger partial charge on any atom is -0.459 e. The summed E-state index contributed by atoms with van der Waals surface area (Å²) in [6.07, 6.45) is 5.94. The molecule has 2 heterocycles. The summed E-state index contributed by atoms with van der Waals surface area (Å²) >= 11 is 0. The first-order valence-electron chi connectivity index (χ1n) is 5.58. The number of fused-ring (bicyclic) bond motifs is 2. The maximum atomic E-state index is 11.3. The van der Waals surface area contributed by atoms with E-state index < -0.39 is 5.60 Å². The van der Waals surface area contributed by atoms with Gasteiger partial charge in [0.2, 0.25) is 0 Å². The molecular formula is C12H18O3. The number of esters is 1. The van der Waals surface area contributed by atoms with Gasteiger partial charge < -0.3 is 9.47 Å². The second-order valence-corrected chi connectivity index (χ2v) is 4.80. The number of hydrogen-bond acceptors (Lipinski definition) is 3. The SMILES string of the molecule is CCC(=O)OC(C)(C)C1CC2C=CC1O2. The molecule has 3 atom stereocenters. The van der Waals surface area contributed by atoms with Gasteiger partial charge in [0.25, 0.3) is 0 Å². The van der Waals surface area contributed by atoms with Crippen molar-refractivity contribution in [3.63, 3.8) is 0 Å². The van der Waals surface area contributed by atoms with Gasteiger partial charge >= 0.3 is 5.97 Å². The molecule has 0 aliphatic carbocycles. The highest BCUT2D eigenvalue weighted by Crippen LogP contribution is 2.41. The van der Waals surface area contributed by atoms with E-state index in [2.05, 4.69) is 12.2 Å². The van der Waals surface area contributed by atoms with Crippen molar-refractivity contribution in [1.29, 1.82) is 0 Å². The van der Waals surface area contributed by atoms with E-state index in [1.807, 2.05) is 20.8 Å². The lowest BCUT2D eigenvalue weighted by atomic mass is 9.81. The molecule has 15 heavy (non-hydrogen) atoms. The highest BCUT2D eigenvalue weighted by atomic mass is 16.6. The monoisotopic (exact) mass is 210 g/mol. The molecule has 0 radical (unpaired) electrons. The van der Waals surface area contributed by atoms with Crippen molar-refractivity contribution >= 4 is 5.97 Å². The Hall–Kier alpha value is -0.830. The zero-order valence-corrected chi connectivity index (χ0v) is 9.53. The van der Waals surface area contributed by atoms with Crippen LogP contribution in [0, 0.1) is 5.92 Å². The molecule has 1 saturated heterocycles. The fraction of sp³-hybridized carbons (Fsp3) is 0.750. The van der Waals surface area contributed by atoms with Crippen LogP contribution in [-0.2, 0) is 14.3 Å². The van der Waals surface area contributed by atoms with Gasteiger partial charge in [0.1, 0.15) is 5.60 Å². The molecule has 2 aliphatic heterocycles. The predicted octanol–water partition coefficient (Wildman–Crippen LogP) is 2.06. The molecule has 0 spiro atoms. The van der Waals surface area contributed by atoms with E-state index in [9.17, 15) is 4.79 Å². The van der Waals surface area contributed by atoms with Crippen LogP contribution in [-0.4, -0.2) is 23.8 Å². The Morgan fingerprint density at radius 1 is 1.53 bits per heavy atom. The normalized spacial score (nSPS) is 33.4. The van der Waals surface area contributed by atoms with E-state index in [-0.39, 0.29) is 18.2 Å². The summed E-state index contributed by atoms with van der Waals surface area (Å²) in [5, 5.41) is 0. The molecule has 84 valence electrons. The van der Waals surface area contributed by atoms with Gasteiger partial charge in [-0.3, -0.25) is 4.79 Å². The molecule has 0 aromatic carbocycles. The number of ether oxygens (including phenoxy) is 2. The second-order valence-electron chi connectivity index (χ2n) is 4.80. The van der Waals surface area contributed by atoms with Crippen molar-refractivity contribution in [2.24, 2.45) is 5.92 Å². The van der Waals surface area contributed by atoms with Crippen LogP contribution >= 0.6 is 0 Å². The van der Waals surface area contributed by atoms with Gasteiger partial charge in [-0.15, -0.1) is 0 Å². The predicted molar refractivity (Wildman–Crippen MR) is 56.4 cm³/mol. The van der Waals surface area contributed by atoms with Gasteiger partial charge in [0, 0.05) is 12.3 Å². The van der Waals surface area contributed by atoms with Gasteiger partial charge in [0.05, 0.1) is 12.2 Å². The zero-order chi connectivity index (χ0) is 11.1. The largest absolute Gasteiger partial charge is 0.459 e. The Bertz CT molecular complexity index is 293. The fourth-order valence-corrected chi connectivity index (χ4v) is 2.39. The van der Waals surface area contributed by atoms with Crippen molar-refractivity contribution in [1.82, 2.24) is 0 Å². The first-order chi connectivity index (χ1) is 7.03.